The van der Waals surface area contributed by atoms with Gasteiger partial charge in [0.2, 0.25) is 11.8 Å². The van der Waals surface area contributed by atoms with E-state index in [0.717, 1.165) is 61.2 Å². The lowest BCUT2D eigenvalue weighted by Crippen LogP contribution is -2.48. The average Bonchev–Trinajstić information content (AvgIpc) is 3.34. The number of hydrogen-bond acceptors (Lipinski definition) is 6. The second-order valence-corrected chi connectivity index (χ2v) is 11.4. The number of para-hydroxylation sites is 1. The highest BCUT2D eigenvalue weighted by Gasteiger charge is 2.44. The van der Waals surface area contributed by atoms with E-state index in [2.05, 4.69) is 16.3 Å². The summed E-state index contributed by atoms with van der Waals surface area (Å²) in [4.78, 5) is 41.2. The van der Waals surface area contributed by atoms with E-state index in [1.807, 2.05) is 49.5 Å². The lowest BCUT2D eigenvalue weighted by molar-refractivity contribution is -0.134. The average molecular weight is 482 g/mol. The van der Waals surface area contributed by atoms with Crippen LogP contribution >= 0.6 is 0 Å². The Kier molecular flexibility index (Phi) is 5.76. The molecule has 4 heterocycles. The summed E-state index contributed by atoms with van der Waals surface area (Å²) in [7, 11) is 1.91. The summed E-state index contributed by atoms with van der Waals surface area (Å²) in [5, 5.41) is 8.16. The van der Waals surface area contributed by atoms with Crippen LogP contribution in [-0.2, 0) is 21.4 Å². The van der Waals surface area contributed by atoms with Gasteiger partial charge < -0.3 is 14.5 Å². The number of anilines is 1. The Bertz CT molecular complexity index is 1180. The van der Waals surface area contributed by atoms with Crippen LogP contribution in [0.5, 0.6) is 0 Å². The molecule has 0 bridgehead atoms. The highest BCUT2D eigenvalue weighted by molar-refractivity contribution is 6.03. The molecule has 2 unspecified atom stereocenters. The number of nitrogens with zero attached hydrogens (tertiary/aromatic N) is 4. The minimum Gasteiger partial charge on any atom is -0.444 e. The maximum absolute atomic E-state index is 12.7. The summed E-state index contributed by atoms with van der Waals surface area (Å²) < 4.78 is 7.51. The van der Waals surface area contributed by atoms with Crippen molar-refractivity contribution in [3.05, 3.63) is 23.9 Å². The maximum Gasteiger partial charge on any atom is 0.410 e. The molecule has 9 nitrogen and oxygen atoms in total. The van der Waals surface area contributed by atoms with Gasteiger partial charge in [-0.05, 0) is 52.5 Å². The van der Waals surface area contributed by atoms with Crippen LogP contribution in [0, 0.1) is 5.41 Å². The Morgan fingerprint density at radius 1 is 1.17 bits per heavy atom. The smallest absolute Gasteiger partial charge is 0.410 e. The molecule has 1 spiro atoms. The van der Waals surface area contributed by atoms with Crippen LogP contribution in [0.4, 0.5) is 10.5 Å². The number of benzene rings is 1. The first kappa shape index (κ1) is 23.6. The molecule has 35 heavy (non-hydrogen) atoms. The molecule has 2 aromatic rings. The first-order valence-electron chi connectivity index (χ1n) is 12.6. The molecule has 5 rings (SSSR count). The van der Waals surface area contributed by atoms with Gasteiger partial charge in [-0.1, -0.05) is 12.1 Å². The summed E-state index contributed by atoms with van der Waals surface area (Å²) >= 11 is 0. The van der Waals surface area contributed by atoms with E-state index in [4.69, 9.17) is 9.84 Å². The van der Waals surface area contributed by atoms with Crippen LogP contribution < -0.4 is 10.2 Å². The molecule has 1 N–H and O–H groups in total. The molecule has 188 valence electrons. The van der Waals surface area contributed by atoms with Crippen molar-refractivity contribution in [3.8, 4) is 0 Å². The molecule has 3 amide bonds. The quantitative estimate of drug-likeness (QED) is 0.661. The van der Waals surface area contributed by atoms with Crippen molar-refractivity contribution < 1.29 is 19.1 Å². The topological polar surface area (TPSA) is 96.8 Å². The van der Waals surface area contributed by atoms with Crippen molar-refractivity contribution in [1.29, 1.82) is 0 Å². The largest absolute Gasteiger partial charge is 0.444 e. The number of fused-ring (bicyclic) bond motifs is 1. The predicted molar refractivity (Wildman–Crippen MR) is 132 cm³/mol. The zero-order chi connectivity index (χ0) is 25.0. The standard InChI is InChI=1S/C26H35N5O4/c1-25(2,3)35-24(34)31-13-6-11-26(16-31)12-14-30(15-26)19-8-5-7-17-21(28-29(4)22(17)19)18-9-10-20(32)27-23(18)33/h5,7-8,18H,6,9-16H2,1-4H3,(H,27,32,33). The first-order chi connectivity index (χ1) is 16.6. The van der Waals surface area contributed by atoms with Gasteiger partial charge in [0.05, 0.1) is 22.8 Å². The molecular weight excluding hydrogens is 446 g/mol. The van der Waals surface area contributed by atoms with Crippen LogP contribution in [0.3, 0.4) is 0 Å². The highest BCUT2D eigenvalue weighted by Crippen LogP contribution is 2.43. The molecule has 9 heteroatoms. The fraction of sp³-hybridized carbons (Fsp3) is 0.615. The summed E-state index contributed by atoms with van der Waals surface area (Å²) in [6.45, 7) is 8.92. The molecule has 3 saturated heterocycles. The van der Waals surface area contributed by atoms with Crippen molar-refractivity contribution in [3.63, 3.8) is 0 Å². The number of rotatable bonds is 2. The van der Waals surface area contributed by atoms with E-state index >= 15 is 0 Å². The Labute approximate surface area is 205 Å². The van der Waals surface area contributed by atoms with Crippen LogP contribution in [-0.4, -0.2) is 64.4 Å². The van der Waals surface area contributed by atoms with Crippen molar-refractivity contribution in [1.82, 2.24) is 20.0 Å². The van der Waals surface area contributed by atoms with Gasteiger partial charge in [-0.2, -0.15) is 5.10 Å². The molecule has 0 radical (unpaired) electrons. The van der Waals surface area contributed by atoms with Gasteiger partial charge in [0, 0.05) is 50.4 Å². The highest BCUT2D eigenvalue weighted by atomic mass is 16.6. The normalized spacial score (nSPS) is 25.4. The summed E-state index contributed by atoms with van der Waals surface area (Å²) in [5.41, 5.74) is 2.38. The number of amides is 3. The number of hydrogen-bond donors (Lipinski definition) is 1. The third kappa shape index (κ3) is 4.48. The van der Waals surface area contributed by atoms with Crippen LogP contribution in [0.15, 0.2) is 18.2 Å². The molecule has 1 aromatic carbocycles. The second-order valence-electron chi connectivity index (χ2n) is 11.4. The van der Waals surface area contributed by atoms with Gasteiger partial charge in [-0.15, -0.1) is 0 Å². The van der Waals surface area contributed by atoms with Crippen LogP contribution in [0.25, 0.3) is 10.9 Å². The van der Waals surface area contributed by atoms with Crippen molar-refractivity contribution in [2.75, 3.05) is 31.1 Å². The third-order valence-electron chi connectivity index (χ3n) is 7.53. The van der Waals surface area contributed by atoms with Gasteiger partial charge in [0.1, 0.15) is 5.60 Å². The van der Waals surface area contributed by atoms with Gasteiger partial charge in [-0.25, -0.2) is 4.79 Å². The van der Waals surface area contributed by atoms with Crippen molar-refractivity contribution in [2.45, 2.75) is 64.4 Å². The van der Waals surface area contributed by atoms with Gasteiger partial charge in [0.25, 0.3) is 0 Å². The lowest BCUT2D eigenvalue weighted by Gasteiger charge is -2.40. The van der Waals surface area contributed by atoms with Crippen LogP contribution in [0.1, 0.15) is 64.5 Å². The summed E-state index contributed by atoms with van der Waals surface area (Å²) in [6.07, 6.45) is 3.66. The van der Waals surface area contributed by atoms with E-state index in [1.54, 1.807) is 0 Å². The van der Waals surface area contributed by atoms with Crippen molar-refractivity contribution >= 4 is 34.5 Å². The maximum atomic E-state index is 12.7. The lowest BCUT2D eigenvalue weighted by atomic mass is 9.79. The van der Waals surface area contributed by atoms with E-state index < -0.39 is 11.5 Å². The number of piperidine rings is 2. The van der Waals surface area contributed by atoms with Crippen molar-refractivity contribution in [2.24, 2.45) is 12.5 Å². The number of carbonyl (C=O) groups excluding carboxylic acids is 3. The van der Waals surface area contributed by atoms with Crippen LogP contribution in [0.2, 0.25) is 0 Å². The van der Waals surface area contributed by atoms with E-state index in [0.29, 0.717) is 19.4 Å². The van der Waals surface area contributed by atoms with E-state index in [1.165, 1.54) is 0 Å². The number of nitrogens with one attached hydrogen (secondary N) is 1. The molecule has 3 aliphatic heterocycles. The second kappa shape index (κ2) is 8.53. The first-order valence-corrected chi connectivity index (χ1v) is 12.6. The molecule has 3 aliphatic rings. The Morgan fingerprint density at radius 2 is 1.97 bits per heavy atom. The molecule has 2 atom stereocenters. The fourth-order valence-electron chi connectivity index (χ4n) is 5.97. The molecule has 3 fully saturated rings. The molecule has 0 saturated carbocycles. The summed E-state index contributed by atoms with van der Waals surface area (Å²) in [5.74, 6) is -0.907. The third-order valence-corrected chi connectivity index (χ3v) is 7.53. The summed E-state index contributed by atoms with van der Waals surface area (Å²) in [6, 6.07) is 6.15. The molecule has 0 aliphatic carbocycles. The Morgan fingerprint density at radius 3 is 2.71 bits per heavy atom. The zero-order valence-electron chi connectivity index (χ0n) is 21.1. The minimum atomic E-state index is -0.501. The Hall–Kier alpha value is -3.10. The Balaban J connectivity index is 1.39. The number of aromatic nitrogens is 2. The van der Waals surface area contributed by atoms with Gasteiger partial charge in [0.15, 0.2) is 0 Å². The molecule has 1 aromatic heterocycles. The SMILES string of the molecule is Cn1nc(C2CCC(=O)NC2=O)c2cccc(N3CCC4(CCCN(C(=O)OC(C)(C)C)C4)C3)c21. The van der Waals surface area contributed by atoms with E-state index in [-0.39, 0.29) is 23.3 Å². The molecular formula is C26H35N5O4. The number of aryl methyl sites for hydroxylation is 1. The monoisotopic (exact) mass is 481 g/mol. The number of imide groups is 1. The zero-order valence-corrected chi connectivity index (χ0v) is 21.1. The fourth-order valence-corrected chi connectivity index (χ4v) is 5.97. The van der Waals surface area contributed by atoms with Gasteiger partial charge in [-0.3, -0.25) is 19.6 Å². The number of carbonyl (C=O) groups is 3. The predicted octanol–water partition coefficient (Wildman–Crippen LogP) is 3.32. The van der Waals surface area contributed by atoms with E-state index in [9.17, 15) is 14.4 Å². The number of likely N-dealkylation sites (tertiary alicyclic amines) is 1. The van der Waals surface area contributed by atoms with Gasteiger partial charge >= 0.3 is 6.09 Å². The number of ether oxygens (including phenoxy) is 1. The minimum absolute atomic E-state index is 0.0440.